The number of rotatable bonds is 7. The van der Waals surface area contributed by atoms with E-state index < -0.39 is 18.1 Å². The van der Waals surface area contributed by atoms with Crippen molar-refractivity contribution in [2.45, 2.75) is 70.1 Å². The predicted octanol–water partition coefficient (Wildman–Crippen LogP) is 3.45. The maximum absolute atomic E-state index is 13.3. The summed E-state index contributed by atoms with van der Waals surface area (Å²) in [6.45, 7) is 0.618. The third-order valence-electron chi connectivity index (χ3n) is 6.73. The first-order valence-corrected chi connectivity index (χ1v) is 11.7. The summed E-state index contributed by atoms with van der Waals surface area (Å²) in [6.07, 6.45) is 9.34. The third-order valence-corrected chi connectivity index (χ3v) is 6.73. The summed E-state index contributed by atoms with van der Waals surface area (Å²) in [5, 5.41) is 10.8. The molecule has 1 aromatic heterocycles. The quantitative estimate of drug-likeness (QED) is 0.531. The number of carbonyl (C=O) groups is 2. The molecule has 1 saturated carbocycles. The average molecular weight is 437 g/mol. The number of carbonyl (C=O) groups excluding carboxylic acids is 2. The summed E-state index contributed by atoms with van der Waals surface area (Å²) in [5.74, 6) is -0.761. The number of aliphatic hydroxyl groups is 1. The van der Waals surface area contributed by atoms with Gasteiger partial charge in [-0.1, -0.05) is 49.6 Å². The zero-order valence-corrected chi connectivity index (χ0v) is 18.5. The van der Waals surface area contributed by atoms with Gasteiger partial charge in [0, 0.05) is 25.4 Å². The summed E-state index contributed by atoms with van der Waals surface area (Å²) >= 11 is 0. The number of hydrogen-bond donors (Lipinski definition) is 1. The van der Waals surface area contributed by atoms with Gasteiger partial charge in [0.05, 0.1) is 6.61 Å². The van der Waals surface area contributed by atoms with Gasteiger partial charge in [0.1, 0.15) is 12.1 Å². The van der Waals surface area contributed by atoms with Crippen LogP contribution in [0.2, 0.25) is 0 Å². The molecule has 0 radical (unpaired) electrons. The number of esters is 1. The number of aromatic nitrogens is 1. The average Bonchev–Trinajstić information content (AvgIpc) is 2.86. The molecular formula is C26H32N2O4. The Hall–Kier alpha value is -2.73. The third kappa shape index (κ3) is 5.36. The number of aliphatic hydroxyl groups excluding tert-OH is 1. The highest BCUT2D eigenvalue weighted by Crippen LogP contribution is 2.30. The van der Waals surface area contributed by atoms with Crippen LogP contribution in [0.25, 0.3) is 0 Å². The highest BCUT2D eigenvalue weighted by atomic mass is 16.5. The molecule has 0 saturated heterocycles. The second-order valence-corrected chi connectivity index (χ2v) is 8.93. The number of hydrogen-bond acceptors (Lipinski definition) is 5. The van der Waals surface area contributed by atoms with Crippen molar-refractivity contribution in [3.8, 4) is 0 Å². The Bertz CT molecular complexity index is 911. The van der Waals surface area contributed by atoms with Crippen molar-refractivity contribution in [3.05, 3.63) is 65.5 Å². The lowest BCUT2D eigenvalue weighted by Crippen LogP contribution is -2.53. The molecule has 2 aromatic rings. The number of fused-ring (bicyclic) bond motifs is 1. The zero-order chi connectivity index (χ0) is 22.3. The predicted molar refractivity (Wildman–Crippen MR) is 121 cm³/mol. The minimum Gasteiger partial charge on any atom is -0.464 e. The van der Waals surface area contributed by atoms with Crippen LogP contribution in [-0.2, 0) is 33.7 Å². The molecular weight excluding hydrogens is 404 g/mol. The van der Waals surface area contributed by atoms with Crippen LogP contribution in [-0.4, -0.2) is 45.6 Å². The van der Waals surface area contributed by atoms with E-state index in [1.165, 1.54) is 0 Å². The second-order valence-electron chi connectivity index (χ2n) is 8.93. The Labute approximate surface area is 189 Å². The van der Waals surface area contributed by atoms with Crippen molar-refractivity contribution < 1.29 is 19.4 Å². The van der Waals surface area contributed by atoms with Crippen molar-refractivity contribution in [3.63, 3.8) is 0 Å². The maximum Gasteiger partial charge on any atom is 0.329 e. The molecule has 0 bridgehead atoms. The molecule has 1 aromatic carbocycles. The fourth-order valence-corrected chi connectivity index (χ4v) is 4.88. The molecule has 32 heavy (non-hydrogen) atoms. The number of pyridine rings is 1. The Morgan fingerprint density at radius 1 is 1.09 bits per heavy atom. The maximum atomic E-state index is 13.3. The van der Waals surface area contributed by atoms with Gasteiger partial charge < -0.3 is 14.7 Å². The van der Waals surface area contributed by atoms with Crippen molar-refractivity contribution >= 4 is 11.9 Å². The van der Waals surface area contributed by atoms with Crippen molar-refractivity contribution in [1.82, 2.24) is 9.88 Å². The number of amides is 1. The van der Waals surface area contributed by atoms with Crippen molar-refractivity contribution in [1.29, 1.82) is 0 Å². The minimum absolute atomic E-state index is 0.0235. The van der Waals surface area contributed by atoms with Gasteiger partial charge >= 0.3 is 5.97 Å². The van der Waals surface area contributed by atoms with Crippen LogP contribution < -0.4 is 0 Å². The molecule has 6 nitrogen and oxygen atoms in total. The molecule has 1 aliphatic heterocycles. The number of ether oxygens (including phenoxy) is 1. The van der Waals surface area contributed by atoms with Gasteiger partial charge in [-0.05, 0) is 54.4 Å². The lowest BCUT2D eigenvalue weighted by Gasteiger charge is -2.38. The SMILES string of the molecule is O=C(OCCCc1cccnc1)C1Cc2ccccc2CN1C(=O)C(O)C1CCCCC1. The lowest BCUT2D eigenvalue weighted by atomic mass is 9.84. The monoisotopic (exact) mass is 436 g/mol. The highest BCUT2D eigenvalue weighted by Gasteiger charge is 2.40. The molecule has 6 heteroatoms. The van der Waals surface area contributed by atoms with Gasteiger partial charge in [0.15, 0.2) is 0 Å². The summed E-state index contributed by atoms with van der Waals surface area (Å²) in [5.41, 5.74) is 3.18. The smallest absolute Gasteiger partial charge is 0.329 e. The van der Waals surface area contributed by atoms with E-state index in [2.05, 4.69) is 4.98 Å². The Balaban J connectivity index is 1.42. The molecule has 1 N–H and O–H groups in total. The van der Waals surface area contributed by atoms with E-state index in [1.807, 2.05) is 42.6 Å². The topological polar surface area (TPSA) is 79.7 Å². The molecule has 2 atom stereocenters. The fourth-order valence-electron chi connectivity index (χ4n) is 4.88. The summed E-state index contributed by atoms with van der Waals surface area (Å²) < 4.78 is 5.59. The Morgan fingerprint density at radius 3 is 2.62 bits per heavy atom. The van der Waals surface area contributed by atoms with Crippen molar-refractivity contribution in [2.75, 3.05) is 6.61 Å². The first kappa shape index (κ1) is 22.5. The van der Waals surface area contributed by atoms with Gasteiger partial charge in [0.25, 0.3) is 5.91 Å². The standard InChI is InChI=1S/C26H32N2O4/c29-24(20-10-2-1-3-11-20)25(30)28-18-22-13-5-4-12-21(22)16-23(28)26(31)32-15-7-9-19-8-6-14-27-17-19/h4-6,8,12-14,17,20,23-24,29H,1-3,7,9-11,15-16,18H2. The fraction of sp³-hybridized carbons (Fsp3) is 0.500. The molecule has 2 heterocycles. The van der Waals surface area contributed by atoms with E-state index >= 15 is 0 Å². The summed E-state index contributed by atoms with van der Waals surface area (Å²) in [6, 6.07) is 11.1. The van der Waals surface area contributed by atoms with Gasteiger partial charge in [-0.2, -0.15) is 0 Å². The molecule has 0 spiro atoms. The number of aryl methyl sites for hydroxylation is 1. The molecule has 2 aliphatic rings. The zero-order valence-electron chi connectivity index (χ0n) is 18.5. The normalized spacial score (nSPS) is 19.8. The molecule has 2 unspecified atom stereocenters. The molecule has 4 rings (SSSR count). The lowest BCUT2D eigenvalue weighted by molar-refractivity contribution is -0.161. The summed E-state index contributed by atoms with van der Waals surface area (Å²) in [7, 11) is 0. The number of benzene rings is 1. The van der Waals surface area contributed by atoms with E-state index in [1.54, 1.807) is 11.1 Å². The van der Waals surface area contributed by atoms with Crippen LogP contribution in [0.4, 0.5) is 0 Å². The Morgan fingerprint density at radius 2 is 1.88 bits per heavy atom. The van der Waals surface area contributed by atoms with Gasteiger partial charge in [-0.15, -0.1) is 0 Å². The summed E-state index contributed by atoms with van der Waals surface area (Å²) in [4.78, 5) is 32.0. The van der Waals surface area contributed by atoms with Gasteiger partial charge in [-0.3, -0.25) is 9.78 Å². The number of nitrogens with zero attached hydrogens (tertiary/aromatic N) is 2. The van der Waals surface area contributed by atoms with Crippen LogP contribution in [0.5, 0.6) is 0 Å². The van der Waals surface area contributed by atoms with Crippen LogP contribution >= 0.6 is 0 Å². The van der Waals surface area contributed by atoms with Gasteiger partial charge in [-0.25, -0.2) is 4.79 Å². The van der Waals surface area contributed by atoms with Crippen molar-refractivity contribution in [2.24, 2.45) is 5.92 Å². The minimum atomic E-state index is -1.05. The molecule has 1 fully saturated rings. The highest BCUT2D eigenvalue weighted by molar-refractivity contribution is 5.88. The second kappa shape index (κ2) is 10.7. The van der Waals surface area contributed by atoms with Gasteiger partial charge in [0.2, 0.25) is 0 Å². The van der Waals surface area contributed by atoms with E-state index in [4.69, 9.17) is 4.74 Å². The van der Waals surface area contributed by atoms with Crippen LogP contribution in [0.3, 0.4) is 0 Å². The van der Waals surface area contributed by atoms with E-state index in [9.17, 15) is 14.7 Å². The van der Waals surface area contributed by atoms with Crippen LogP contribution in [0.1, 0.15) is 55.2 Å². The van der Waals surface area contributed by atoms with E-state index in [-0.39, 0.29) is 11.8 Å². The first-order chi connectivity index (χ1) is 15.6. The van der Waals surface area contributed by atoms with E-state index in [0.29, 0.717) is 26.0 Å². The van der Waals surface area contributed by atoms with Crippen LogP contribution in [0.15, 0.2) is 48.8 Å². The Kier molecular flexibility index (Phi) is 7.53. The van der Waals surface area contributed by atoms with Crippen LogP contribution in [0, 0.1) is 5.92 Å². The molecule has 1 amide bonds. The van der Waals surface area contributed by atoms with E-state index in [0.717, 1.165) is 55.2 Å². The molecule has 1 aliphatic carbocycles. The largest absolute Gasteiger partial charge is 0.464 e. The molecule has 170 valence electrons. The first-order valence-electron chi connectivity index (χ1n) is 11.7.